The molecule has 0 unspecified atom stereocenters. The van der Waals surface area contributed by atoms with Crippen LogP contribution < -0.4 is 5.32 Å². The number of rotatable bonds is 5. The molecule has 0 saturated carbocycles. The van der Waals surface area contributed by atoms with Gasteiger partial charge in [0.05, 0.1) is 23.9 Å². The Morgan fingerprint density at radius 3 is 2.88 bits per heavy atom. The summed E-state index contributed by atoms with van der Waals surface area (Å²) < 4.78 is 10.1. The third kappa shape index (κ3) is 3.55. The lowest BCUT2D eigenvalue weighted by molar-refractivity contribution is 0.0601. The SMILES string of the molecule is COCCNc1c(C(=O)OC)cnc(Cl)c1Br. The van der Waals surface area contributed by atoms with Crippen LogP contribution in [-0.2, 0) is 9.47 Å². The van der Waals surface area contributed by atoms with Crippen LogP contribution in [0.1, 0.15) is 10.4 Å². The third-order valence-electron chi connectivity index (χ3n) is 1.99. The number of nitrogens with one attached hydrogen (secondary N) is 1. The van der Waals surface area contributed by atoms with Gasteiger partial charge >= 0.3 is 5.97 Å². The van der Waals surface area contributed by atoms with E-state index in [1.54, 1.807) is 7.11 Å². The minimum Gasteiger partial charge on any atom is -0.465 e. The second-order valence-corrected chi connectivity index (χ2v) is 4.21. The number of pyridine rings is 1. The number of carbonyl (C=O) groups is 1. The van der Waals surface area contributed by atoms with Gasteiger partial charge in [-0.15, -0.1) is 0 Å². The number of nitrogens with zero attached hydrogens (tertiary/aromatic N) is 1. The molecule has 0 aliphatic rings. The molecular weight excluding hydrogens is 311 g/mol. The second kappa shape index (κ2) is 6.78. The summed E-state index contributed by atoms with van der Waals surface area (Å²) >= 11 is 9.14. The number of hydrogen-bond donors (Lipinski definition) is 1. The predicted molar refractivity (Wildman–Crippen MR) is 68.7 cm³/mol. The topological polar surface area (TPSA) is 60.5 Å². The first-order chi connectivity index (χ1) is 8.11. The Balaban J connectivity index is 3.03. The maximum Gasteiger partial charge on any atom is 0.341 e. The van der Waals surface area contributed by atoms with Gasteiger partial charge in [0.2, 0.25) is 0 Å². The van der Waals surface area contributed by atoms with Crippen LogP contribution in [0.15, 0.2) is 10.7 Å². The summed E-state index contributed by atoms with van der Waals surface area (Å²) in [7, 11) is 2.90. The standard InChI is InChI=1S/C10H12BrClN2O3/c1-16-4-3-13-8-6(10(15)17-2)5-14-9(12)7(8)11/h5H,3-4H2,1-2H3,(H,13,14). The van der Waals surface area contributed by atoms with Gasteiger partial charge in [0.25, 0.3) is 0 Å². The Morgan fingerprint density at radius 2 is 2.29 bits per heavy atom. The van der Waals surface area contributed by atoms with E-state index in [2.05, 4.69) is 31.0 Å². The fraction of sp³-hybridized carbons (Fsp3) is 0.400. The molecule has 0 saturated heterocycles. The molecule has 94 valence electrons. The largest absolute Gasteiger partial charge is 0.465 e. The summed E-state index contributed by atoms with van der Waals surface area (Å²) in [6.45, 7) is 1.05. The molecule has 0 radical (unpaired) electrons. The van der Waals surface area contributed by atoms with E-state index in [9.17, 15) is 4.79 Å². The van der Waals surface area contributed by atoms with E-state index in [-0.39, 0.29) is 5.15 Å². The van der Waals surface area contributed by atoms with E-state index < -0.39 is 5.97 Å². The van der Waals surface area contributed by atoms with Crippen LogP contribution in [0.5, 0.6) is 0 Å². The molecule has 0 fully saturated rings. The van der Waals surface area contributed by atoms with E-state index in [1.165, 1.54) is 13.3 Å². The van der Waals surface area contributed by atoms with E-state index in [1.807, 2.05) is 0 Å². The zero-order chi connectivity index (χ0) is 12.8. The lowest BCUT2D eigenvalue weighted by Gasteiger charge is -2.12. The fourth-order valence-corrected chi connectivity index (χ4v) is 1.78. The van der Waals surface area contributed by atoms with Crippen molar-refractivity contribution in [1.29, 1.82) is 0 Å². The number of aromatic nitrogens is 1. The predicted octanol–water partition coefficient (Wildman–Crippen LogP) is 2.34. The van der Waals surface area contributed by atoms with Gasteiger partial charge in [-0.1, -0.05) is 11.6 Å². The van der Waals surface area contributed by atoms with Gasteiger partial charge in [0.1, 0.15) is 10.7 Å². The quantitative estimate of drug-likeness (QED) is 0.512. The van der Waals surface area contributed by atoms with Crippen LogP contribution in [0.25, 0.3) is 0 Å². The van der Waals surface area contributed by atoms with Crippen LogP contribution in [0.4, 0.5) is 5.69 Å². The first-order valence-corrected chi connectivity index (χ1v) is 5.94. The minimum absolute atomic E-state index is 0.276. The van der Waals surface area contributed by atoms with Gasteiger partial charge in [-0.25, -0.2) is 9.78 Å². The summed E-state index contributed by atoms with van der Waals surface area (Å²) in [6.07, 6.45) is 1.37. The Morgan fingerprint density at radius 1 is 1.59 bits per heavy atom. The summed E-state index contributed by atoms with van der Waals surface area (Å²) in [5.41, 5.74) is 0.869. The highest BCUT2D eigenvalue weighted by Crippen LogP contribution is 2.31. The number of esters is 1. The van der Waals surface area contributed by atoms with Crippen LogP contribution in [0.3, 0.4) is 0 Å². The number of halogens is 2. The molecule has 0 bridgehead atoms. The molecule has 1 aromatic heterocycles. The molecule has 0 aliphatic carbocycles. The third-order valence-corrected chi connectivity index (χ3v) is 3.28. The van der Waals surface area contributed by atoms with E-state index >= 15 is 0 Å². The number of anilines is 1. The van der Waals surface area contributed by atoms with Gasteiger partial charge in [-0.2, -0.15) is 0 Å². The molecule has 7 heteroatoms. The maximum atomic E-state index is 11.5. The normalized spacial score (nSPS) is 10.1. The summed E-state index contributed by atoms with van der Waals surface area (Å²) in [5.74, 6) is -0.477. The van der Waals surface area contributed by atoms with Crippen molar-refractivity contribution >= 4 is 39.2 Å². The van der Waals surface area contributed by atoms with Crippen molar-refractivity contribution in [2.24, 2.45) is 0 Å². The van der Waals surface area contributed by atoms with Gasteiger partial charge in [-0.3, -0.25) is 0 Å². The lowest BCUT2D eigenvalue weighted by Crippen LogP contribution is -2.13. The summed E-state index contributed by atoms with van der Waals surface area (Å²) in [6, 6.07) is 0. The van der Waals surface area contributed by atoms with Crippen molar-refractivity contribution < 1.29 is 14.3 Å². The molecule has 1 heterocycles. The molecule has 0 aliphatic heterocycles. The van der Waals surface area contributed by atoms with Crippen LogP contribution in [0.2, 0.25) is 5.15 Å². The summed E-state index contributed by atoms with van der Waals surface area (Å²) in [5, 5.41) is 3.32. The molecule has 5 nitrogen and oxygen atoms in total. The van der Waals surface area contributed by atoms with Crippen molar-refractivity contribution in [2.45, 2.75) is 0 Å². The fourth-order valence-electron chi connectivity index (χ4n) is 1.18. The first-order valence-electron chi connectivity index (χ1n) is 4.77. The number of methoxy groups -OCH3 is 2. The van der Waals surface area contributed by atoms with Gasteiger partial charge in [-0.05, 0) is 15.9 Å². The second-order valence-electron chi connectivity index (χ2n) is 3.06. The molecule has 0 amide bonds. The number of carbonyl (C=O) groups excluding carboxylic acids is 1. The van der Waals surface area contributed by atoms with Gasteiger partial charge in [0.15, 0.2) is 0 Å². The van der Waals surface area contributed by atoms with E-state index in [4.69, 9.17) is 16.3 Å². The van der Waals surface area contributed by atoms with Crippen molar-refractivity contribution in [1.82, 2.24) is 4.98 Å². The van der Waals surface area contributed by atoms with Crippen LogP contribution in [0, 0.1) is 0 Å². The summed E-state index contributed by atoms with van der Waals surface area (Å²) in [4.78, 5) is 15.4. The average Bonchev–Trinajstić information content (AvgIpc) is 2.34. The van der Waals surface area contributed by atoms with Crippen molar-refractivity contribution in [2.75, 3.05) is 32.7 Å². The lowest BCUT2D eigenvalue weighted by atomic mass is 10.2. The zero-order valence-corrected chi connectivity index (χ0v) is 11.8. The van der Waals surface area contributed by atoms with E-state index in [0.717, 1.165) is 0 Å². The van der Waals surface area contributed by atoms with Crippen molar-refractivity contribution in [3.8, 4) is 0 Å². The molecule has 1 N–H and O–H groups in total. The molecule has 0 atom stereocenters. The zero-order valence-electron chi connectivity index (χ0n) is 9.42. The Kier molecular flexibility index (Phi) is 5.67. The number of ether oxygens (including phenoxy) is 2. The number of hydrogen-bond acceptors (Lipinski definition) is 5. The van der Waals surface area contributed by atoms with Gasteiger partial charge in [0, 0.05) is 19.9 Å². The smallest absolute Gasteiger partial charge is 0.341 e. The van der Waals surface area contributed by atoms with Gasteiger partial charge < -0.3 is 14.8 Å². The van der Waals surface area contributed by atoms with Crippen LogP contribution in [-0.4, -0.2) is 38.3 Å². The average molecular weight is 324 g/mol. The maximum absolute atomic E-state index is 11.5. The highest BCUT2D eigenvalue weighted by atomic mass is 79.9. The van der Waals surface area contributed by atoms with E-state index in [0.29, 0.717) is 28.9 Å². The van der Waals surface area contributed by atoms with Crippen molar-refractivity contribution in [3.05, 3.63) is 21.4 Å². The molecule has 17 heavy (non-hydrogen) atoms. The molecular formula is C10H12BrClN2O3. The Hall–Kier alpha value is -0.850. The Bertz CT molecular complexity index is 415. The molecule has 1 rings (SSSR count). The minimum atomic E-state index is -0.477. The van der Waals surface area contributed by atoms with Crippen LogP contribution >= 0.6 is 27.5 Å². The molecule has 0 spiro atoms. The monoisotopic (exact) mass is 322 g/mol. The highest BCUT2D eigenvalue weighted by molar-refractivity contribution is 9.10. The Labute approximate surface area is 113 Å². The molecule has 1 aromatic rings. The molecule has 0 aromatic carbocycles. The first kappa shape index (κ1) is 14.2. The highest BCUT2D eigenvalue weighted by Gasteiger charge is 2.17. The van der Waals surface area contributed by atoms with Crippen molar-refractivity contribution in [3.63, 3.8) is 0 Å².